The minimum atomic E-state index is -4.75. The summed E-state index contributed by atoms with van der Waals surface area (Å²) in [4.78, 5) is 29.0. The van der Waals surface area contributed by atoms with Crippen molar-refractivity contribution in [1.29, 1.82) is 0 Å². The second-order valence-corrected chi connectivity index (χ2v) is 8.43. The molecule has 2 amide bonds. The van der Waals surface area contributed by atoms with Crippen molar-refractivity contribution in [2.24, 2.45) is 17.6 Å². The van der Waals surface area contributed by atoms with Gasteiger partial charge in [0.15, 0.2) is 0 Å². The molecule has 3 heterocycles. The largest absolute Gasteiger partial charge is 0.455 e. The number of nitrogens with two attached hydrogens (primary N) is 1. The third kappa shape index (κ3) is 3.93. The maximum atomic E-state index is 13.0. The Balaban J connectivity index is 1.68. The summed E-state index contributed by atoms with van der Waals surface area (Å²) in [6, 6.07) is 0. The molecule has 2 unspecified atom stereocenters. The van der Waals surface area contributed by atoms with Crippen molar-refractivity contribution >= 4 is 28.2 Å². The second kappa shape index (κ2) is 7.99. The van der Waals surface area contributed by atoms with Gasteiger partial charge in [0.05, 0.1) is 18.8 Å². The zero-order valence-electron chi connectivity index (χ0n) is 15.8. The summed E-state index contributed by atoms with van der Waals surface area (Å²) in [5.74, 6) is -3.78. The third-order valence-electron chi connectivity index (χ3n) is 5.42. The molecule has 1 fully saturated rings. The van der Waals surface area contributed by atoms with E-state index in [-0.39, 0.29) is 18.1 Å². The molecule has 2 atom stereocenters. The summed E-state index contributed by atoms with van der Waals surface area (Å²) >= 11 is 1.19. The van der Waals surface area contributed by atoms with Crippen LogP contribution in [0.15, 0.2) is 4.52 Å². The topological polar surface area (TPSA) is 120 Å². The normalized spacial score (nSPS) is 21.8. The Morgan fingerprint density at radius 2 is 1.93 bits per heavy atom. The molecule has 4 rings (SSSR count). The third-order valence-corrected chi connectivity index (χ3v) is 6.54. The number of halogens is 3. The number of hydrogen-bond acceptors (Lipinski definition) is 7. The minimum Gasteiger partial charge on any atom is -0.376 e. The second-order valence-electron chi connectivity index (χ2n) is 7.32. The van der Waals surface area contributed by atoms with E-state index in [1.807, 2.05) is 0 Å². The molecule has 162 valence electrons. The molecule has 2 aromatic rings. The van der Waals surface area contributed by atoms with Crippen LogP contribution in [0.4, 0.5) is 18.2 Å². The number of amides is 2. The monoisotopic (exact) mass is 444 g/mol. The molecular weight excluding hydrogens is 425 g/mol. The number of primary amides is 1. The van der Waals surface area contributed by atoms with Crippen LogP contribution in [-0.4, -0.2) is 28.6 Å². The van der Waals surface area contributed by atoms with Crippen molar-refractivity contribution in [1.82, 2.24) is 10.1 Å². The van der Waals surface area contributed by atoms with Gasteiger partial charge in [-0.1, -0.05) is 18.0 Å². The van der Waals surface area contributed by atoms with Gasteiger partial charge in [-0.3, -0.25) is 9.59 Å². The lowest BCUT2D eigenvalue weighted by atomic mass is 9.78. The highest BCUT2D eigenvalue weighted by Crippen LogP contribution is 2.44. The van der Waals surface area contributed by atoms with Crippen LogP contribution in [0.5, 0.6) is 0 Å². The van der Waals surface area contributed by atoms with E-state index in [1.165, 1.54) is 11.3 Å². The van der Waals surface area contributed by atoms with E-state index in [9.17, 15) is 22.8 Å². The van der Waals surface area contributed by atoms with Gasteiger partial charge in [-0.05, 0) is 24.8 Å². The molecular formula is C18H19F3N4O4S. The molecule has 1 saturated carbocycles. The van der Waals surface area contributed by atoms with Crippen molar-refractivity contribution in [3.05, 3.63) is 16.3 Å². The fraction of sp³-hybridized carbons (Fsp3) is 0.556. The number of thiophene rings is 1. The predicted octanol–water partition coefficient (Wildman–Crippen LogP) is 3.12. The molecule has 3 N–H and O–H groups in total. The van der Waals surface area contributed by atoms with Crippen molar-refractivity contribution in [3.63, 3.8) is 0 Å². The average molecular weight is 444 g/mol. The maximum absolute atomic E-state index is 13.0. The number of nitrogens with zero attached hydrogens (tertiary/aromatic N) is 2. The lowest BCUT2D eigenvalue weighted by molar-refractivity contribution is -0.146. The summed E-state index contributed by atoms with van der Waals surface area (Å²) in [5.41, 5.74) is 6.46. The van der Waals surface area contributed by atoms with Gasteiger partial charge in [0, 0.05) is 16.7 Å². The average Bonchev–Trinajstić information content (AvgIpc) is 3.32. The van der Waals surface area contributed by atoms with Crippen LogP contribution in [0.25, 0.3) is 11.5 Å². The van der Waals surface area contributed by atoms with Crippen molar-refractivity contribution in [3.8, 4) is 11.5 Å². The number of rotatable bonds is 4. The quantitative estimate of drug-likeness (QED) is 0.748. The molecule has 2 aromatic heterocycles. The van der Waals surface area contributed by atoms with Gasteiger partial charge in [0.1, 0.15) is 5.00 Å². The van der Waals surface area contributed by atoms with Gasteiger partial charge in [0.2, 0.25) is 11.8 Å². The van der Waals surface area contributed by atoms with Crippen LogP contribution in [0.2, 0.25) is 0 Å². The number of carbonyl (C=O) groups is 2. The van der Waals surface area contributed by atoms with Crippen LogP contribution in [0, 0.1) is 11.8 Å². The first-order chi connectivity index (χ1) is 14.3. The summed E-state index contributed by atoms with van der Waals surface area (Å²) in [6.07, 6.45) is -1.65. The van der Waals surface area contributed by atoms with Gasteiger partial charge in [-0.2, -0.15) is 18.2 Å². The van der Waals surface area contributed by atoms with Crippen LogP contribution < -0.4 is 11.1 Å². The van der Waals surface area contributed by atoms with Crippen LogP contribution in [0.3, 0.4) is 0 Å². The fourth-order valence-electron chi connectivity index (χ4n) is 3.98. The fourth-order valence-corrected chi connectivity index (χ4v) is 5.16. The van der Waals surface area contributed by atoms with E-state index in [0.29, 0.717) is 36.4 Å². The SMILES string of the molecule is NC(=O)C1CCCCC1C(=O)Nc1sc2c(c1-c1nc(C(F)(F)F)no1)CCOC2. The summed E-state index contributed by atoms with van der Waals surface area (Å²) < 4.78 is 49.1. The number of aromatic nitrogens is 2. The number of ether oxygens (including phenoxy) is 1. The highest BCUT2D eigenvalue weighted by molar-refractivity contribution is 7.17. The van der Waals surface area contributed by atoms with Gasteiger partial charge < -0.3 is 20.3 Å². The molecule has 1 aliphatic carbocycles. The number of hydrogen-bond donors (Lipinski definition) is 2. The molecule has 0 radical (unpaired) electrons. The predicted molar refractivity (Wildman–Crippen MR) is 99.2 cm³/mol. The molecule has 12 heteroatoms. The zero-order valence-corrected chi connectivity index (χ0v) is 16.6. The van der Waals surface area contributed by atoms with E-state index in [4.69, 9.17) is 15.0 Å². The number of carbonyl (C=O) groups excluding carboxylic acids is 2. The Kier molecular flexibility index (Phi) is 5.53. The molecule has 8 nitrogen and oxygen atoms in total. The first kappa shape index (κ1) is 20.8. The van der Waals surface area contributed by atoms with Gasteiger partial charge in [-0.25, -0.2) is 0 Å². The van der Waals surface area contributed by atoms with E-state index < -0.39 is 35.7 Å². The number of anilines is 1. The lowest BCUT2D eigenvalue weighted by Crippen LogP contribution is -2.39. The first-order valence-corrected chi connectivity index (χ1v) is 10.3. The summed E-state index contributed by atoms with van der Waals surface area (Å²) in [6.45, 7) is 0.660. The van der Waals surface area contributed by atoms with Gasteiger partial charge in [0.25, 0.3) is 11.7 Å². The standard InChI is InChI=1S/C18H19F3N4O4S/c19-18(20,21)17-24-15(29-25-17)12-10-5-6-28-7-11(10)30-16(12)23-14(27)9-4-2-1-3-8(9)13(22)26/h8-9H,1-7H2,(H2,22,26)(H,23,27). The maximum Gasteiger partial charge on any atom is 0.455 e. The number of nitrogens with one attached hydrogen (secondary N) is 1. The Bertz CT molecular complexity index is 971. The molecule has 30 heavy (non-hydrogen) atoms. The van der Waals surface area contributed by atoms with Gasteiger partial charge >= 0.3 is 6.18 Å². The van der Waals surface area contributed by atoms with Gasteiger partial charge in [-0.15, -0.1) is 11.3 Å². The summed E-state index contributed by atoms with van der Waals surface area (Å²) in [5, 5.41) is 6.11. The molecule has 0 aromatic carbocycles. The van der Waals surface area contributed by atoms with Crippen molar-refractivity contribution in [2.45, 2.75) is 44.9 Å². The Morgan fingerprint density at radius 1 is 1.20 bits per heavy atom. The Morgan fingerprint density at radius 3 is 2.60 bits per heavy atom. The first-order valence-electron chi connectivity index (χ1n) is 9.49. The highest BCUT2D eigenvalue weighted by atomic mass is 32.1. The summed E-state index contributed by atoms with van der Waals surface area (Å²) in [7, 11) is 0. The molecule has 0 saturated heterocycles. The lowest BCUT2D eigenvalue weighted by Gasteiger charge is -2.28. The van der Waals surface area contributed by atoms with E-state index in [2.05, 4.69) is 15.5 Å². The Labute approximate surface area is 173 Å². The molecule has 2 aliphatic rings. The minimum absolute atomic E-state index is 0.274. The Hall–Kier alpha value is -2.47. The van der Waals surface area contributed by atoms with Crippen LogP contribution in [0.1, 0.15) is 41.9 Å². The smallest absolute Gasteiger partial charge is 0.376 e. The van der Waals surface area contributed by atoms with Crippen LogP contribution in [-0.2, 0) is 33.5 Å². The van der Waals surface area contributed by atoms with Crippen molar-refractivity contribution < 1.29 is 32.0 Å². The highest BCUT2D eigenvalue weighted by Gasteiger charge is 2.39. The molecule has 0 spiro atoms. The number of fused-ring (bicyclic) bond motifs is 1. The van der Waals surface area contributed by atoms with Crippen LogP contribution >= 0.6 is 11.3 Å². The van der Waals surface area contributed by atoms with E-state index >= 15 is 0 Å². The molecule has 0 bridgehead atoms. The zero-order chi connectivity index (χ0) is 21.5. The van der Waals surface area contributed by atoms with E-state index in [1.54, 1.807) is 0 Å². The van der Waals surface area contributed by atoms with E-state index in [0.717, 1.165) is 17.7 Å². The number of alkyl halides is 3. The van der Waals surface area contributed by atoms with Crippen molar-refractivity contribution in [2.75, 3.05) is 11.9 Å². The molecule has 1 aliphatic heterocycles.